The normalized spacial score (nSPS) is 29.6. The first-order valence-electron chi connectivity index (χ1n) is 10.6. The molecular weight excluding hydrogens is 425 g/mol. The second-order valence-electron chi connectivity index (χ2n) is 9.45. The monoisotopic (exact) mass is 446 g/mol. The third-order valence-corrected chi connectivity index (χ3v) is 8.03. The molecular formula is C22H21F3N4OS. The van der Waals surface area contributed by atoms with Crippen LogP contribution in [0.2, 0.25) is 0 Å². The average Bonchev–Trinajstić information content (AvgIpc) is 3.34. The number of carbonyl (C=O) groups excluding carboxylic acids is 1. The number of amides is 1. The van der Waals surface area contributed by atoms with Crippen molar-refractivity contribution >= 4 is 22.9 Å². The number of rotatable bonds is 3. The molecule has 4 aliphatic carbocycles. The third kappa shape index (κ3) is 3.24. The molecule has 0 radical (unpaired) electrons. The molecule has 4 fully saturated rings. The molecule has 7 rings (SSSR count). The summed E-state index contributed by atoms with van der Waals surface area (Å²) < 4.78 is 42.0. The predicted octanol–water partition coefficient (Wildman–Crippen LogP) is 5.18. The number of alkyl halides is 3. The number of thiophene rings is 1. The van der Waals surface area contributed by atoms with Crippen molar-refractivity contribution in [1.82, 2.24) is 19.9 Å². The molecule has 31 heavy (non-hydrogen) atoms. The predicted molar refractivity (Wildman–Crippen MR) is 110 cm³/mol. The van der Waals surface area contributed by atoms with Gasteiger partial charge in [0.25, 0.3) is 5.91 Å². The Balaban J connectivity index is 1.36. The highest BCUT2D eigenvalue weighted by molar-refractivity contribution is 7.13. The molecule has 162 valence electrons. The molecule has 0 spiro atoms. The summed E-state index contributed by atoms with van der Waals surface area (Å²) in [7, 11) is 0. The second kappa shape index (κ2) is 6.54. The molecule has 3 aromatic heterocycles. The Morgan fingerprint density at radius 3 is 2.39 bits per heavy atom. The van der Waals surface area contributed by atoms with Crippen LogP contribution < -0.4 is 5.32 Å². The molecule has 0 atom stereocenters. The van der Waals surface area contributed by atoms with Gasteiger partial charge in [0.05, 0.1) is 10.6 Å². The van der Waals surface area contributed by atoms with Crippen LogP contribution in [0.1, 0.15) is 54.7 Å². The SMILES string of the molecule is O=C(NC12CC3CC(CC(C3)C1)C2)c1cc2nc(-c3cccs3)cc(C(F)(F)F)n2n1. The van der Waals surface area contributed by atoms with Gasteiger partial charge in [-0.2, -0.15) is 18.3 Å². The van der Waals surface area contributed by atoms with Gasteiger partial charge in [-0.15, -0.1) is 11.3 Å². The number of halogens is 3. The van der Waals surface area contributed by atoms with Crippen molar-refractivity contribution in [3.63, 3.8) is 0 Å². The van der Waals surface area contributed by atoms with Gasteiger partial charge in [0, 0.05) is 11.6 Å². The lowest BCUT2D eigenvalue weighted by atomic mass is 9.53. The topological polar surface area (TPSA) is 59.3 Å². The van der Waals surface area contributed by atoms with Gasteiger partial charge in [-0.1, -0.05) is 6.07 Å². The molecule has 9 heteroatoms. The highest BCUT2D eigenvalue weighted by Crippen LogP contribution is 2.55. The first kappa shape index (κ1) is 19.3. The van der Waals surface area contributed by atoms with E-state index < -0.39 is 17.8 Å². The Morgan fingerprint density at radius 2 is 1.81 bits per heavy atom. The molecule has 5 nitrogen and oxygen atoms in total. The number of carbonyl (C=O) groups is 1. The van der Waals surface area contributed by atoms with Gasteiger partial charge in [0.1, 0.15) is 0 Å². The first-order valence-corrected chi connectivity index (χ1v) is 11.5. The maximum Gasteiger partial charge on any atom is 0.433 e. The first-order chi connectivity index (χ1) is 14.8. The van der Waals surface area contributed by atoms with E-state index in [-0.39, 0.29) is 22.6 Å². The highest BCUT2D eigenvalue weighted by atomic mass is 32.1. The van der Waals surface area contributed by atoms with Crippen LogP contribution in [0.25, 0.3) is 16.2 Å². The lowest BCUT2D eigenvalue weighted by molar-refractivity contribution is -0.142. The number of fused-ring (bicyclic) bond motifs is 1. The quantitative estimate of drug-likeness (QED) is 0.604. The number of hydrogen-bond acceptors (Lipinski definition) is 4. The second-order valence-corrected chi connectivity index (χ2v) is 10.4. The van der Waals surface area contributed by atoms with Gasteiger partial charge in [-0.05, 0) is 73.8 Å². The van der Waals surface area contributed by atoms with E-state index in [2.05, 4.69) is 15.4 Å². The minimum Gasteiger partial charge on any atom is -0.345 e. The maximum absolute atomic E-state index is 13.8. The van der Waals surface area contributed by atoms with Gasteiger partial charge in [0.15, 0.2) is 17.0 Å². The molecule has 1 amide bonds. The van der Waals surface area contributed by atoms with Crippen molar-refractivity contribution in [3.05, 3.63) is 41.0 Å². The van der Waals surface area contributed by atoms with Crippen LogP contribution in [0.4, 0.5) is 13.2 Å². The van der Waals surface area contributed by atoms with Crippen molar-refractivity contribution < 1.29 is 18.0 Å². The van der Waals surface area contributed by atoms with Gasteiger partial charge >= 0.3 is 6.18 Å². The lowest BCUT2D eigenvalue weighted by Crippen LogP contribution is -2.59. The fraction of sp³-hybridized carbons (Fsp3) is 0.500. The van der Waals surface area contributed by atoms with Crippen LogP contribution in [0, 0.1) is 17.8 Å². The Labute approximate surface area is 180 Å². The van der Waals surface area contributed by atoms with Crippen molar-refractivity contribution in [1.29, 1.82) is 0 Å². The molecule has 3 aromatic rings. The van der Waals surface area contributed by atoms with Crippen molar-refractivity contribution in [3.8, 4) is 10.6 Å². The van der Waals surface area contributed by atoms with Crippen molar-refractivity contribution in [2.45, 2.75) is 50.2 Å². The van der Waals surface area contributed by atoms with Gasteiger partial charge in [0.2, 0.25) is 0 Å². The third-order valence-electron chi connectivity index (χ3n) is 7.14. The zero-order chi connectivity index (χ0) is 21.4. The summed E-state index contributed by atoms with van der Waals surface area (Å²) in [5.41, 5.74) is -0.937. The van der Waals surface area contributed by atoms with E-state index in [1.807, 2.05) is 0 Å². The van der Waals surface area contributed by atoms with Gasteiger partial charge in [-0.25, -0.2) is 9.50 Å². The van der Waals surface area contributed by atoms with Crippen molar-refractivity contribution in [2.24, 2.45) is 17.8 Å². The van der Waals surface area contributed by atoms with Crippen LogP contribution in [-0.2, 0) is 6.18 Å². The van der Waals surface area contributed by atoms with Gasteiger partial charge < -0.3 is 5.32 Å². The fourth-order valence-corrected chi connectivity index (χ4v) is 7.09. The van der Waals surface area contributed by atoms with Crippen LogP contribution in [0.15, 0.2) is 29.6 Å². The number of aromatic nitrogens is 3. The molecule has 0 aromatic carbocycles. The summed E-state index contributed by atoms with van der Waals surface area (Å²) in [6.07, 6.45) is 2.01. The number of hydrogen-bond donors (Lipinski definition) is 1. The summed E-state index contributed by atoms with van der Waals surface area (Å²) in [5, 5.41) is 8.99. The Bertz CT molecular complexity index is 1130. The van der Waals surface area contributed by atoms with E-state index in [0.717, 1.165) is 29.8 Å². The molecule has 4 aliphatic rings. The molecule has 0 saturated heterocycles. The van der Waals surface area contributed by atoms with Crippen LogP contribution >= 0.6 is 11.3 Å². The molecule has 4 bridgehead atoms. The Morgan fingerprint density at radius 1 is 1.13 bits per heavy atom. The standard InChI is InChI=1S/C22H21F3N4OS/c23-22(24,25)18-7-15(17-2-1-3-31-17)26-19-8-16(28-29(18)19)20(30)27-21-9-12-4-13(10-21)6-14(5-12)11-21/h1-3,7-8,12-14H,4-6,9-11H2,(H,27,30). The summed E-state index contributed by atoms with van der Waals surface area (Å²) in [4.78, 5) is 18.1. The van der Waals surface area contributed by atoms with E-state index in [0.29, 0.717) is 22.6 Å². The van der Waals surface area contributed by atoms with Crippen LogP contribution in [-0.4, -0.2) is 26.0 Å². The van der Waals surface area contributed by atoms with Crippen molar-refractivity contribution in [2.75, 3.05) is 0 Å². The summed E-state index contributed by atoms with van der Waals surface area (Å²) in [5.74, 6) is 1.55. The van der Waals surface area contributed by atoms with E-state index >= 15 is 0 Å². The summed E-state index contributed by atoms with van der Waals surface area (Å²) in [6, 6.07) is 5.84. The molecule has 1 N–H and O–H groups in total. The van der Waals surface area contributed by atoms with Gasteiger partial charge in [-0.3, -0.25) is 4.79 Å². The lowest BCUT2D eigenvalue weighted by Gasteiger charge is -2.56. The number of nitrogens with one attached hydrogen (secondary N) is 1. The van der Waals surface area contributed by atoms with E-state index in [9.17, 15) is 18.0 Å². The molecule has 4 saturated carbocycles. The minimum absolute atomic E-state index is 0.0166. The highest BCUT2D eigenvalue weighted by Gasteiger charge is 2.51. The zero-order valence-electron chi connectivity index (χ0n) is 16.7. The minimum atomic E-state index is -4.62. The molecule has 3 heterocycles. The zero-order valence-corrected chi connectivity index (χ0v) is 17.5. The van der Waals surface area contributed by atoms with E-state index in [1.54, 1.807) is 17.5 Å². The Kier molecular flexibility index (Phi) is 4.07. The van der Waals surface area contributed by atoms with E-state index in [4.69, 9.17) is 0 Å². The summed E-state index contributed by atoms with van der Waals surface area (Å²) >= 11 is 1.31. The summed E-state index contributed by atoms with van der Waals surface area (Å²) in [6.45, 7) is 0. The fourth-order valence-electron chi connectivity index (χ4n) is 6.41. The smallest absolute Gasteiger partial charge is 0.345 e. The average molecular weight is 446 g/mol. The molecule has 0 aliphatic heterocycles. The van der Waals surface area contributed by atoms with Crippen LogP contribution in [0.3, 0.4) is 0 Å². The largest absolute Gasteiger partial charge is 0.433 e. The maximum atomic E-state index is 13.8. The van der Waals surface area contributed by atoms with Crippen LogP contribution in [0.5, 0.6) is 0 Å². The Hall–Kier alpha value is -2.42. The number of nitrogens with zero attached hydrogens (tertiary/aromatic N) is 3. The molecule has 0 unspecified atom stereocenters. The van der Waals surface area contributed by atoms with E-state index in [1.165, 1.54) is 36.7 Å².